The Labute approximate surface area is 95.0 Å². The predicted molar refractivity (Wildman–Crippen MR) is 57.0 cm³/mol. The first-order valence-corrected chi connectivity index (χ1v) is 5.16. The van der Waals surface area contributed by atoms with Crippen LogP contribution in [-0.4, -0.2) is 47.8 Å². The first-order valence-electron chi connectivity index (χ1n) is 5.16. The van der Waals surface area contributed by atoms with Crippen LogP contribution < -0.4 is 0 Å². The van der Waals surface area contributed by atoms with Crippen LogP contribution >= 0.6 is 0 Å². The minimum atomic E-state index is -0.441. The quantitative estimate of drug-likeness (QED) is 0.456. The van der Waals surface area contributed by atoms with E-state index in [9.17, 15) is 4.79 Å². The van der Waals surface area contributed by atoms with E-state index in [0.29, 0.717) is 10.8 Å². The number of aliphatic hydroxyl groups is 2. The summed E-state index contributed by atoms with van der Waals surface area (Å²) in [6.07, 6.45) is 2.46. The highest BCUT2D eigenvalue weighted by Gasteiger charge is 2.16. The maximum absolute atomic E-state index is 11.7. The van der Waals surface area contributed by atoms with Crippen LogP contribution in [0.15, 0.2) is 11.6 Å². The Balaban J connectivity index is 4.35. The zero-order chi connectivity index (χ0) is 12.4. The zero-order valence-electron chi connectivity index (χ0n) is 9.68. The van der Waals surface area contributed by atoms with Gasteiger partial charge in [0.05, 0.1) is 13.2 Å². The largest absolute Gasteiger partial charge is 0.394 e. The molecule has 0 bridgehead atoms. The average Bonchev–Trinajstić information content (AvgIpc) is 2.29. The fourth-order valence-corrected chi connectivity index (χ4v) is 0.939. The van der Waals surface area contributed by atoms with E-state index in [1.807, 2.05) is 6.92 Å². The second-order valence-electron chi connectivity index (χ2n) is 2.97. The van der Waals surface area contributed by atoms with Crippen molar-refractivity contribution in [3.63, 3.8) is 0 Å². The monoisotopic (exact) mass is 233 g/mol. The third kappa shape index (κ3) is 5.82. The highest BCUT2D eigenvalue weighted by Crippen LogP contribution is 2.04. The first-order chi connectivity index (χ1) is 7.67. The van der Waals surface area contributed by atoms with Gasteiger partial charge in [-0.25, -0.2) is 9.68 Å². The summed E-state index contributed by atoms with van der Waals surface area (Å²) in [6.45, 7) is 3.02. The van der Waals surface area contributed by atoms with Crippen LogP contribution in [-0.2, 0) is 14.5 Å². The van der Waals surface area contributed by atoms with Crippen LogP contribution in [0.1, 0.15) is 20.3 Å². The molecular formula is C10H19NO5. The van der Waals surface area contributed by atoms with E-state index >= 15 is 0 Å². The van der Waals surface area contributed by atoms with Crippen LogP contribution in [0.3, 0.4) is 0 Å². The second kappa shape index (κ2) is 9.29. The molecule has 16 heavy (non-hydrogen) atoms. The molecule has 0 saturated heterocycles. The van der Waals surface area contributed by atoms with Crippen molar-refractivity contribution >= 4 is 5.91 Å². The summed E-state index contributed by atoms with van der Waals surface area (Å²) in [5, 5.41) is 17.9. The molecule has 6 nitrogen and oxygen atoms in total. The Hall–Kier alpha value is -0.950. The van der Waals surface area contributed by atoms with E-state index in [2.05, 4.69) is 0 Å². The number of rotatable bonds is 8. The molecule has 0 atom stereocenters. The van der Waals surface area contributed by atoms with Crippen molar-refractivity contribution in [2.75, 3.05) is 26.4 Å². The molecule has 0 radical (unpaired) electrons. The van der Waals surface area contributed by atoms with E-state index in [1.165, 1.54) is 0 Å². The molecule has 0 aromatic rings. The van der Waals surface area contributed by atoms with Gasteiger partial charge in [0.25, 0.3) is 5.91 Å². The number of allylic oxidation sites excluding steroid dienone is 1. The van der Waals surface area contributed by atoms with Gasteiger partial charge in [-0.15, -0.1) is 0 Å². The normalized spacial score (nSPS) is 11.6. The molecule has 0 rings (SSSR count). The Bertz CT molecular complexity index is 221. The van der Waals surface area contributed by atoms with Crippen LogP contribution in [0.4, 0.5) is 0 Å². The number of amides is 1. The third-order valence-corrected chi connectivity index (χ3v) is 1.61. The minimum absolute atomic E-state index is 0.0451. The van der Waals surface area contributed by atoms with Crippen LogP contribution in [0.5, 0.6) is 0 Å². The van der Waals surface area contributed by atoms with Gasteiger partial charge in [-0.2, -0.15) is 0 Å². The highest BCUT2D eigenvalue weighted by molar-refractivity contribution is 5.91. The lowest BCUT2D eigenvalue weighted by Crippen LogP contribution is -2.34. The van der Waals surface area contributed by atoms with Gasteiger partial charge in [0.2, 0.25) is 0 Å². The van der Waals surface area contributed by atoms with Crippen molar-refractivity contribution in [2.24, 2.45) is 0 Å². The smallest absolute Gasteiger partial charge is 0.299 e. The molecule has 0 heterocycles. The molecule has 6 heteroatoms. The van der Waals surface area contributed by atoms with Crippen molar-refractivity contribution in [1.82, 2.24) is 5.23 Å². The van der Waals surface area contributed by atoms with Gasteiger partial charge in [0.1, 0.15) is 13.2 Å². The molecule has 0 unspecified atom stereocenters. The summed E-state index contributed by atoms with van der Waals surface area (Å²) in [7, 11) is 0. The summed E-state index contributed by atoms with van der Waals surface area (Å²) in [5.74, 6) is -0.441. The number of hydrogen-bond acceptors (Lipinski definition) is 5. The van der Waals surface area contributed by atoms with Gasteiger partial charge in [0, 0.05) is 5.57 Å². The molecular weight excluding hydrogens is 214 g/mol. The molecule has 2 N–H and O–H groups in total. The maximum Gasteiger partial charge on any atom is 0.299 e. The van der Waals surface area contributed by atoms with Gasteiger partial charge in [-0.1, -0.05) is 18.2 Å². The van der Waals surface area contributed by atoms with Crippen LogP contribution in [0, 0.1) is 0 Å². The number of hydroxylamine groups is 2. The molecule has 0 spiro atoms. The van der Waals surface area contributed by atoms with Gasteiger partial charge in [0.15, 0.2) is 0 Å². The first kappa shape index (κ1) is 15.0. The topological polar surface area (TPSA) is 79.2 Å². The van der Waals surface area contributed by atoms with Crippen molar-refractivity contribution < 1.29 is 24.7 Å². The second-order valence-corrected chi connectivity index (χ2v) is 2.97. The molecule has 0 fully saturated rings. The number of carbonyl (C=O) groups excluding carboxylic acids is 1. The summed E-state index contributed by atoms with van der Waals surface area (Å²) >= 11 is 0. The number of nitrogens with zero attached hydrogens (tertiary/aromatic N) is 1. The number of hydrogen-bond donors (Lipinski definition) is 2. The molecule has 0 aromatic heterocycles. The van der Waals surface area contributed by atoms with Gasteiger partial charge < -0.3 is 10.2 Å². The number of aliphatic hydroxyl groups excluding tert-OH is 2. The predicted octanol–water partition coefficient (Wildman–Crippen LogP) is 0.0191. The van der Waals surface area contributed by atoms with Gasteiger partial charge in [-0.05, 0) is 13.3 Å². The van der Waals surface area contributed by atoms with Gasteiger partial charge in [-0.3, -0.25) is 4.79 Å². The van der Waals surface area contributed by atoms with Crippen molar-refractivity contribution in [3.8, 4) is 0 Å². The zero-order valence-corrected chi connectivity index (χ0v) is 9.68. The minimum Gasteiger partial charge on any atom is -0.394 e. The SMILES string of the molecule is CCC=C(C)C(=O)N(OCCO)OCCO. The molecule has 0 aliphatic heterocycles. The third-order valence-electron chi connectivity index (χ3n) is 1.61. The van der Waals surface area contributed by atoms with Crippen molar-refractivity contribution in [1.29, 1.82) is 0 Å². The van der Waals surface area contributed by atoms with E-state index in [1.54, 1.807) is 13.0 Å². The molecule has 0 aromatic carbocycles. The Morgan fingerprint density at radius 3 is 2.12 bits per heavy atom. The van der Waals surface area contributed by atoms with Crippen molar-refractivity contribution in [2.45, 2.75) is 20.3 Å². The molecule has 0 aliphatic rings. The lowest BCUT2D eigenvalue weighted by atomic mass is 10.2. The molecule has 94 valence electrons. The molecule has 0 saturated carbocycles. The van der Waals surface area contributed by atoms with Crippen LogP contribution in [0.2, 0.25) is 0 Å². The molecule has 0 aliphatic carbocycles. The highest BCUT2D eigenvalue weighted by atomic mass is 17.0. The summed E-state index contributed by atoms with van der Waals surface area (Å²) in [4.78, 5) is 21.5. The van der Waals surface area contributed by atoms with E-state index in [-0.39, 0.29) is 26.4 Å². The van der Waals surface area contributed by atoms with Crippen LogP contribution in [0.25, 0.3) is 0 Å². The fraction of sp³-hybridized carbons (Fsp3) is 0.700. The fourth-order valence-electron chi connectivity index (χ4n) is 0.939. The Kier molecular flexibility index (Phi) is 8.74. The summed E-state index contributed by atoms with van der Waals surface area (Å²) in [6, 6.07) is 0. The van der Waals surface area contributed by atoms with Crippen molar-refractivity contribution in [3.05, 3.63) is 11.6 Å². The van der Waals surface area contributed by atoms with E-state index in [0.717, 1.165) is 6.42 Å². The van der Waals surface area contributed by atoms with Gasteiger partial charge >= 0.3 is 0 Å². The average molecular weight is 233 g/mol. The maximum atomic E-state index is 11.7. The summed E-state index contributed by atoms with van der Waals surface area (Å²) in [5.41, 5.74) is 0.485. The van der Waals surface area contributed by atoms with E-state index in [4.69, 9.17) is 19.9 Å². The lowest BCUT2D eigenvalue weighted by molar-refractivity contribution is -0.342. The standard InChI is InChI=1S/C10H19NO5/c1-3-4-9(2)10(14)11(15-7-5-12)16-8-6-13/h4,12-13H,3,5-8H2,1-2H3. The Morgan fingerprint density at radius 2 is 1.75 bits per heavy atom. The lowest BCUT2D eigenvalue weighted by Gasteiger charge is -2.20. The molecule has 1 amide bonds. The number of carbonyl (C=O) groups is 1. The Morgan fingerprint density at radius 1 is 1.25 bits per heavy atom. The van der Waals surface area contributed by atoms with E-state index < -0.39 is 5.91 Å². The summed E-state index contributed by atoms with van der Waals surface area (Å²) < 4.78 is 0.